The Kier molecular flexibility index (Phi) is 3.41. The minimum absolute atomic E-state index is 0.0762. The number of hydrogen-bond acceptors (Lipinski definition) is 6. The van der Waals surface area contributed by atoms with Crippen LogP contribution in [0.5, 0.6) is 0 Å². The lowest BCUT2D eigenvalue weighted by Crippen LogP contribution is -2.10. The highest BCUT2D eigenvalue weighted by molar-refractivity contribution is 7.98. The van der Waals surface area contributed by atoms with Gasteiger partial charge in [0.25, 0.3) is 5.56 Å². The number of para-hydroxylation sites is 2. The second kappa shape index (κ2) is 5.68. The number of thioether (sulfide) groups is 1. The molecule has 9 heteroatoms. The number of aromatic amines is 2. The molecule has 4 heterocycles. The third kappa shape index (κ3) is 2.27. The fraction of sp³-hybridized carbons (Fsp3) is 0.176. The largest absolute Gasteiger partial charge is 0.309 e. The van der Waals surface area contributed by atoms with Crippen molar-refractivity contribution in [3.05, 3.63) is 50.9 Å². The number of rotatable bonds is 3. The van der Waals surface area contributed by atoms with Gasteiger partial charge >= 0.3 is 0 Å². The van der Waals surface area contributed by atoms with E-state index in [2.05, 4.69) is 25.1 Å². The lowest BCUT2D eigenvalue weighted by Gasteiger charge is -2.01. The SMILES string of the molecule is Cc1sc2nc(CSc3n[nH]c4nc5ccccc5n34)[nH]c(=O)c2c1C. The molecule has 5 rings (SSSR count). The van der Waals surface area contributed by atoms with Gasteiger partial charge in [0.2, 0.25) is 5.78 Å². The highest BCUT2D eigenvalue weighted by Crippen LogP contribution is 2.28. The molecular weight excluding hydrogens is 368 g/mol. The van der Waals surface area contributed by atoms with E-state index in [9.17, 15) is 4.79 Å². The summed E-state index contributed by atoms with van der Waals surface area (Å²) in [5.41, 5.74) is 2.85. The van der Waals surface area contributed by atoms with Gasteiger partial charge in [0.1, 0.15) is 10.7 Å². The average molecular weight is 382 g/mol. The number of benzene rings is 1. The summed E-state index contributed by atoms with van der Waals surface area (Å²) in [6.45, 7) is 3.98. The first-order valence-corrected chi connectivity index (χ1v) is 9.85. The maximum atomic E-state index is 12.4. The van der Waals surface area contributed by atoms with Gasteiger partial charge in [0, 0.05) is 4.88 Å². The van der Waals surface area contributed by atoms with Gasteiger partial charge < -0.3 is 4.98 Å². The van der Waals surface area contributed by atoms with Crippen LogP contribution in [0.1, 0.15) is 16.3 Å². The summed E-state index contributed by atoms with van der Waals surface area (Å²) >= 11 is 3.07. The van der Waals surface area contributed by atoms with Crippen LogP contribution in [0.4, 0.5) is 0 Å². The highest BCUT2D eigenvalue weighted by atomic mass is 32.2. The molecule has 7 nitrogen and oxygen atoms in total. The van der Waals surface area contributed by atoms with Crippen molar-refractivity contribution in [1.82, 2.24) is 29.5 Å². The van der Waals surface area contributed by atoms with Crippen LogP contribution in [0.25, 0.3) is 27.0 Å². The number of aryl methyl sites for hydroxylation is 2. The van der Waals surface area contributed by atoms with E-state index in [-0.39, 0.29) is 5.56 Å². The average Bonchev–Trinajstić information content (AvgIpc) is 3.26. The fourth-order valence-electron chi connectivity index (χ4n) is 3.04. The third-order valence-electron chi connectivity index (χ3n) is 4.43. The zero-order valence-corrected chi connectivity index (χ0v) is 15.7. The minimum Gasteiger partial charge on any atom is -0.309 e. The van der Waals surface area contributed by atoms with Crippen molar-refractivity contribution < 1.29 is 0 Å². The van der Waals surface area contributed by atoms with Crippen LogP contribution in [0.3, 0.4) is 0 Å². The Bertz CT molecular complexity index is 1340. The van der Waals surface area contributed by atoms with Crippen LogP contribution in [-0.2, 0) is 5.75 Å². The predicted octanol–water partition coefficient (Wildman–Crippen LogP) is 3.42. The Labute approximate surface area is 155 Å². The summed E-state index contributed by atoms with van der Waals surface area (Å²) < 4.78 is 1.98. The van der Waals surface area contributed by atoms with E-state index in [4.69, 9.17) is 0 Å². The lowest BCUT2D eigenvalue weighted by atomic mass is 10.2. The summed E-state index contributed by atoms with van der Waals surface area (Å²) in [6, 6.07) is 7.92. The summed E-state index contributed by atoms with van der Waals surface area (Å²) in [7, 11) is 0. The van der Waals surface area contributed by atoms with Crippen molar-refractivity contribution in [2.75, 3.05) is 0 Å². The second-order valence-corrected chi connectivity index (χ2v) is 8.18. The molecule has 0 aliphatic carbocycles. The molecule has 0 unspecified atom stereocenters. The molecule has 0 spiro atoms. The molecule has 0 aliphatic rings. The zero-order valence-electron chi connectivity index (χ0n) is 14.0. The van der Waals surface area contributed by atoms with E-state index in [1.54, 1.807) is 11.3 Å². The molecule has 5 aromatic rings. The first-order valence-electron chi connectivity index (χ1n) is 8.05. The first-order chi connectivity index (χ1) is 12.6. The van der Waals surface area contributed by atoms with Crippen molar-refractivity contribution in [2.24, 2.45) is 0 Å². The summed E-state index contributed by atoms with van der Waals surface area (Å²) in [6.07, 6.45) is 0. The third-order valence-corrected chi connectivity index (χ3v) is 6.48. The molecule has 0 radical (unpaired) electrons. The fourth-order valence-corrected chi connectivity index (χ4v) is 4.92. The lowest BCUT2D eigenvalue weighted by molar-refractivity contribution is 0.935. The van der Waals surface area contributed by atoms with Gasteiger partial charge in [-0.25, -0.2) is 15.1 Å². The minimum atomic E-state index is -0.0762. The molecule has 4 aromatic heterocycles. The van der Waals surface area contributed by atoms with Crippen LogP contribution in [0, 0.1) is 13.8 Å². The molecule has 0 bridgehead atoms. The summed E-state index contributed by atoms with van der Waals surface area (Å²) in [4.78, 5) is 26.4. The van der Waals surface area contributed by atoms with Crippen molar-refractivity contribution >= 4 is 50.1 Å². The van der Waals surface area contributed by atoms with E-state index in [0.717, 1.165) is 31.5 Å². The van der Waals surface area contributed by atoms with Crippen LogP contribution >= 0.6 is 23.1 Å². The Morgan fingerprint density at radius 2 is 2.08 bits per heavy atom. The topological polar surface area (TPSA) is 91.7 Å². The number of aromatic nitrogens is 6. The number of nitrogens with one attached hydrogen (secondary N) is 2. The molecular formula is C17H14N6OS2. The van der Waals surface area contributed by atoms with Crippen molar-refractivity contribution in [3.8, 4) is 0 Å². The quantitative estimate of drug-likeness (QED) is 0.467. The van der Waals surface area contributed by atoms with E-state index in [1.807, 2.05) is 42.5 Å². The molecule has 1 aromatic carbocycles. The van der Waals surface area contributed by atoms with Crippen LogP contribution in [-0.4, -0.2) is 29.5 Å². The van der Waals surface area contributed by atoms with Crippen molar-refractivity contribution in [3.63, 3.8) is 0 Å². The number of imidazole rings is 1. The Morgan fingerprint density at radius 1 is 1.23 bits per heavy atom. The maximum absolute atomic E-state index is 12.4. The number of thiophene rings is 1. The van der Waals surface area contributed by atoms with Gasteiger partial charge in [0.15, 0.2) is 5.16 Å². The predicted molar refractivity (Wildman–Crippen MR) is 104 cm³/mol. The van der Waals surface area contributed by atoms with E-state index in [1.165, 1.54) is 11.8 Å². The normalized spacial score (nSPS) is 11.9. The Balaban J connectivity index is 1.52. The summed E-state index contributed by atoms with van der Waals surface area (Å²) in [5, 5.41) is 8.79. The van der Waals surface area contributed by atoms with Gasteiger partial charge in [-0.05, 0) is 31.5 Å². The molecule has 0 saturated heterocycles. The standard InChI is InChI=1S/C17H14N6OS2/c1-8-9(2)26-15-13(8)14(24)19-12(20-15)7-25-17-22-21-16-18-10-5-3-4-6-11(10)23(16)17/h3-6H,7H2,1-2H3,(H,18,21)(H,19,20,24). The van der Waals surface area contributed by atoms with Crippen molar-refractivity contribution in [1.29, 1.82) is 0 Å². The van der Waals surface area contributed by atoms with Gasteiger partial charge in [0.05, 0.1) is 22.2 Å². The first kappa shape index (κ1) is 15.6. The van der Waals surface area contributed by atoms with Gasteiger partial charge in [-0.15, -0.1) is 16.4 Å². The van der Waals surface area contributed by atoms with E-state index >= 15 is 0 Å². The van der Waals surface area contributed by atoms with Gasteiger partial charge in [-0.1, -0.05) is 23.9 Å². The van der Waals surface area contributed by atoms with Crippen LogP contribution < -0.4 is 5.56 Å². The second-order valence-electron chi connectivity index (χ2n) is 6.03. The van der Waals surface area contributed by atoms with Crippen LogP contribution in [0.15, 0.2) is 34.2 Å². The molecule has 0 saturated carbocycles. The van der Waals surface area contributed by atoms with Crippen LogP contribution in [0.2, 0.25) is 0 Å². The van der Waals surface area contributed by atoms with Crippen molar-refractivity contribution in [2.45, 2.75) is 24.8 Å². The van der Waals surface area contributed by atoms with Gasteiger partial charge in [-0.2, -0.15) is 0 Å². The number of fused-ring (bicyclic) bond motifs is 4. The molecule has 0 atom stereocenters. The zero-order chi connectivity index (χ0) is 17.8. The number of hydrogen-bond donors (Lipinski definition) is 2. The Hall–Kier alpha value is -2.65. The summed E-state index contributed by atoms with van der Waals surface area (Å²) in [5.74, 6) is 1.87. The molecule has 130 valence electrons. The smallest absolute Gasteiger partial charge is 0.259 e. The molecule has 2 N–H and O–H groups in total. The maximum Gasteiger partial charge on any atom is 0.259 e. The number of nitrogens with zero attached hydrogens (tertiary/aromatic N) is 4. The van der Waals surface area contributed by atoms with E-state index < -0.39 is 0 Å². The van der Waals surface area contributed by atoms with E-state index in [0.29, 0.717) is 22.7 Å². The number of H-pyrrole nitrogens is 2. The Morgan fingerprint density at radius 3 is 2.96 bits per heavy atom. The molecule has 26 heavy (non-hydrogen) atoms. The van der Waals surface area contributed by atoms with Gasteiger partial charge in [-0.3, -0.25) is 9.20 Å². The molecule has 0 amide bonds. The molecule has 0 fully saturated rings. The molecule has 0 aliphatic heterocycles. The monoisotopic (exact) mass is 382 g/mol. The highest BCUT2D eigenvalue weighted by Gasteiger charge is 2.15.